The number of sulfonamides is 1. The summed E-state index contributed by atoms with van der Waals surface area (Å²) in [5.74, 6) is -0.372. The Morgan fingerprint density at radius 2 is 1.86 bits per heavy atom. The third kappa shape index (κ3) is 3.72. The monoisotopic (exact) mass is 328 g/mol. The summed E-state index contributed by atoms with van der Waals surface area (Å²) < 4.78 is 39.8. The third-order valence-corrected chi connectivity index (χ3v) is 4.83. The van der Waals surface area contributed by atoms with Crippen LogP contribution in [-0.4, -0.2) is 8.42 Å². The molecule has 0 atom stereocenters. The molecule has 0 saturated carbocycles. The molecule has 0 aromatic heterocycles. The highest BCUT2D eigenvalue weighted by Gasteiger charge is 2.18. The fraction of sp³-hybridized carbons (Fsp3) is 0.143. The molecule has 0 unspecified atom stereocenters. The topological polar surface area (TPSA) is 72.2 Å². The molecule has 0 amide bonds. The van der Waals surface area contributed by atoms with E-state index in [9.17, 15) is 12.8 Å². The number of halogens is 2. The number of hydrogen-bond acceptors (Lipinski definition) is 3. The molecule has 0 bridgehead atoms. The molecule has 0 fully saturated rings. The van der Waals surface area contributed by atoms with Gasteiger partial charge in [-0.25, -0.2) is 17.5 Å². The van der Waals surface area contributed by atoms with Gasteiger partial charge in [0, 0.05) is 6.54 Å². The van der Waals surface area contributed by atoms with Crippen LogP contribution in [0.5, 0.6) is 0 Å². The van der Waals surface area contributed by atoms with Crippen molar-refractivity contribution in [3.8, 4) is 0 Å². The molecular weight excluding hydrogens is 315 g/mol. The summed E-state index contributed by atoms with van der Waals surface area (Å²) in [6, 6.07) is 8.40. The lowest BCUT2D eigenvalue weighted by molar-refractivity contribution is 0.580. The first-order valence-electron chi connectivity index (χ1n) is 6.09. The van der Waals surface area contributed by atoms with Crippen molar-refractivity contribution >= 4 is 27.3 Å². The number of rotatable bonds is 4. The van der Waals surface area contributed by atoms with Crippen LogP contribution in [0.2, 0.25) is 5.02 Å². The Morgan fingerprint density at radius 1 is 1.24 bits per heavy atom. The van der Waals surface area contributed by atoms with Gasteiger partial charge in [0.1, 0.15) is 5.82 Å². The number of nitrogens with one attached hydrogen (secondary N) is 1. The van der Waals surface area contributed by atoms with Gasteiger partial charge in [-0.2, -0.15) is 0 Å². The van der Waals surface area contributed by atoms with Gasteiger partial charge in [0.05, 0.1) is 15.6 Å². The first kappa shape index (κ1) is 15.8. The zero-order valence-corrected chi connectivity index (χ0v) is 12.8. The number of nitrogens with two attached hydrogens (primary N) is 1. The van der Waals surface area contributed by atoms with Crippen LogP contribution < -0.4 is 10.5 Å². The van der Waals surface area contributed by atoms with E-state index in [1.165, 1.54) is 36.4 Å². The number of hydrogen-bond donors (Lipinski definition) is 2. The largest absolute Gasteiger partial charge is 0.397 e. The first-order valence-corrected chi connectivity index (χ1v) is 7.95. The van der Waals surface area contributed by atoms with Crippen molar-refractivity contribution in [1.82, 2.24) is 4.72 Å². The van der Waals surface area contributed by atoms with Crippen LogP contribution in [0.25, 0.3) is 0 Å². The molecule has 3 N–H and O–H groups in total. The molecule has 0 aliphatic rings. The zero-order valence-electron chi connectivity index (χ0n) is 11.2. The van der Waals surface area contributed by atoms with Gasteiger partial charge in [0.2, 0.25) is 10.0 Å². The van der Waals surface area contributed by atoms with Gasteiger partial charge in [-0.3, -0.25) is 0 Å². The Morgan fingerprint density at radius 3 is 2.48 bits per heavy atom. The zero-order chi connectivity index (χ0) is 15.6. The molecule has 0 radical (unpaired) electrons. The Hall–Kier alpha value is -1.63. The lowest BCUT2D eigenvalue weighted by atomic mass is 10.2. The smallest absolute Gasteiger partial charge is 0.241 e. The predicted molar refractivity (Wildman–Crippen MR) is 81.0 cm³/mol. The summed E-state index contributed by atoms with van der Waals surface area (Å²) in [6.45, 7) is 1.70. The van der Waals surface area contributed by atoms with Gasteiger partial charge in [0.25, 0.3) is 0 Å². The average molecular weight is 329 g/mol. The van der Waals surface area contributed by atoms with E-state index in [1.807, 2.05) is 0 Å². The van der Waals surface area contributed by atoms with E-state index in [0.29, 0.717) is 16.1 Å². The molecule has 2 aromatic carbocycles. The Kier molecular flexibility index (Phi) is 4.51. The summed E-state index contributed by atoms with van der Waals surface area (Å²) in [6.07, 6.45) is 0. The van der Waals surface area contributed by atoms with Crippen molar-refractivity contribution in [3.05, 3.63) is 58.4 Å². The maximum absolute atomic E-state index is 12.8. The summed E-state index contributed by atoms with van der Waals surface area (Å²) in [5, 5.41) is 0.310. The molecule has 0 aliphatic heterocycles. The van der Waals surface area contributed by atoms with Crippen molar-refractivity contribution in [2.75, 3.05) is 5.73 Å². The predicted octanol–water partition coefficient (Wildman–Crippen LogP) is 2.85. The summed E-state index contributed by atoms with van der Waals surface area (Å²) in [7, 11) is -3.72. The van der Waals surface area contributed by atoms with E-state index in [4.69, 9.17) is 17.3 Å². The summed E-state index contributed by atoms with van der Waals surface area (Å²) >= 11 is 5.85. The number of anilines is 1. The maximum Gasteiger partial charge on any atom is 0.241 e. The van der Waals surface area contributed by atoms with Crippen molar-refractivity contribution in [2.24, 2.45) is 0 Å². The molecule has 2 aromatic rings. The average Bonchev–Trinajstić information content (AvgIpc) is 2.42. The Labute approximate surface area is 127 Å². The molecule has 21 heavy (non-hydrogen) atoms. The minimum Gasteiger partial charge on any atom is -0.397 e. The van der Waals surface area contributed by atoms with E-state index >= 15 is 0 Å². The van der Waals surface area contributed by atoms with Crippen LogP contribution in [-0.2, 0) is 16.6 Å². The van der Waals surface area contributed by atoms with Crippen molar-refractivity contribution < 1.29 is 12.8 Å². The van der Waals surface area contributed by atoms with Crippen LogP contribution in [0.1, 0.15) is 11.1 Å². The number of benzene rings is 2. The van der Waals surface area contributed by atoms with Crippen molar-refractivity contribution in [1.29, 1.82) is 0 Å². The van der Waals surface area contributed by atoms with Gasteiger partial charge in [0.15, 0.2) is 0 Å². The van der Waals surface area contributed by atoms with Gasteiger partial charge in [-0.15, -0.1) is 0 Å². The third-order valence-electron chi connectivity index (χ3n) is 2.96. The second kappa shape index (κ2) is 6.01. The lowest BCUT2D eigenvalue weighted by Crippen LogP contribution is -2.24. The van der Waals surface area contributed by atoms with E-state index in [-0.39, 0.29) is 22.9 Å². The Balaban J connectivity index is 2.22. The summed E-state index contributed by atoms with van der Waals surface area (Å²) in [5.41, 5.74) is 7.00. The molecule has 7 heteroatoms. The van der Waals surface area contributed by atoms with E-state index < -0.39 is 10.0 Å². The highest BCUT2D eigenvalue weighted by Crippen LogP contribution is 2.26. The van der Waals surface area contributed by atoms with Crippen molar-refractivity contribution in [2.45, 2.75) is 18.4 Å². The molecule has 0 aliphatic carbocycles. The van der Waals surface area contributed by atoms with Crippen molar-refractivity contribution in [3.63, 3.8) is 0 Å². The molecule has 2 rings (SSSR count). The first-order chi connectivity index (χ1) is 9.79. The standard InChI is InChI=1S/C14H14ClFN2O2S/c1-9-6-12(15)13(17)7-14(9)21(19,20)18-8-10-2-4-11(16)5-3-10/h2-7,18H,8,17H2,1H3. The maximum atomic E-state index is 12.8. The van der Waals surface area contributed by atoms with E-state index in [2.05, 4.69) is 4.72 Å². The fourth-order valence-electron chi connectivity index (χ4n) is 1.82. The van der Waals surface area contributed by atoms with Crippen LogP contribution in [0, 0.1) is 12.7 Å². The molecule has 0 heterocycles. The highest BCUT2D eigenvalue weighted by atomic mass is 35.5. The molecule has 0 saturated heterocycles. The normalized spacial score (nSPS) is 11.6. The molecule has 0 spiro atoms. The van der Waals surface area contributed by atoms with Crippen LogP contribution >= 0.6 is 11.6 Å². The van der Waals surface area contributed by atoms with Gasteiger partial charge < -0.3 is 5.73 Å². The lowest BCUT2D eigenvalue weighted by Gasteiger charge is -2.11. The minimum absolute atomic E-state index is 0.0601. The minimum atomic E-state index is -3.72. The van der Waals surface area contributed by atoms with E-state index in [0.717, 1.165) is 0 Å². The van der Waals surface area contributed by atoms with Gasteiger partial charge in [-0.1, -0.05) is 23.7 Å². The van der Waals surface area contributed by atoms with Gasteiger partial charge in [-0.05, 0) is 42.3 Å². The number of aryl methyl sites for hydroxylation is 1. The quantitative estimate of drug-likeness (QED) is 0.848. The molecule has 112 valence electrons. The Bertz CT molecular complexity index is 761. The molecular formula is C14H14ClFN2O2S. The SMILES string of the molecule is Cc1cc(Cl)c(N)cc1S(=O)(=O)NCc1ccc(F)cc1. The summed E-state index contributed by atoms with van der Waals surface area (Å²) in [4.78, 5) is 0.0755. The van der Waals surface area contributed by atoms with Crippen LogP contribution in [0.4, 0.5) is 10.1 Å². The molecule has 4 nitrogen and oxygen atoms in total. The van der Waals surface area contributed by atoms with Crippen LogP contribution in [0.3, 0.4) is 0 Å². The van der Waals surface area contributed by atoms with E-state index in [1.54, 1.807) is 6.92 Å². The second-order valence-corrected chi connectivity index (χ2v) is 6.73. The highest BCUT2D eigenvalue weighted by molar-refractivity contribution is 7.89. The fourth-order valence-corrected chi connectivity index (χ4v) is 3.31. The van der Waals surface area contributed by atoms with Gasteiger partial charge >= 0.3 is 0 Å². The second-order valence-electron chi connectivity index (χ2n) is 4.59. The number of nitrogen functional groups attached to an aromatic ring is 1. The van der Waals surface area contributed by atoms with Crippen LogP contribution in [0.15, 0.2) is 41.3 Å².